The van der Waals surface area contributed by atoms with Gasteiger partial charge in [0.15, 0.2) is 5.11 Å². The molecule has 0 radical (unpaired) electrons. The Hall–Kier alpha value is -3.27. The van der Waals surface area contributed by atoms with Crippen LogP contribution in [-0.2, 0) is 6.54 Å². The van der Waals surface area contributed by atoms with Gasteiger partial charge in [-0.15, -0.1) is 6.58 Å². The van der Waals surface area contributed by atoms with E-state index >= 15 is 0 Å². The van der Waals surface area contributed by atoms with Crippen LogP contribution in [0.25, 0.3) is 0 Å². The van der Waals surface area contributed by atoms with Gasteiger partial charge in [-0.2, -0.15) is 10.2 Å². The van der Waals surface area contributed by atoms with Crippen molar-refractivity contribution < 1.29 is 9.66 Å². The second kappa shape index (κ2) is 9.60. The van der Waals surface area contributed by atoms with E-state index in [9.17, 15) is 10.1 Å². The summed E-state index contributed by atoms with van der Waals surface area (Å²) in [6.45, 7) is 7.77. The number of hydrazone groups is 1. The molecule has 0 fully saturated rings. The van der Waals surface area contributed by atoms with E-state index in [4.69, 9.17) is 17.0 Å². The van der Waals surface area contributed by atoms with Crippen molar-refractivity contribution in [3.05, 3.63) is 63.5 Å². The third-order valence-electron chi connectivity index (χ3n) is 3.94. The van der Waals surface area contributed by atoms with Crippen LogP contribution in [0.1, 0.15) is 22.5 Å². The topological polar surface area (TPSA) is 107 Å². The third-order valence-corrected chi connectivity index (χ3v) is 4.17. The molecule has 0 aliphatic rings. The molecule has 2 rings (SSSR count). The van der Waals surface area contributed by atoms with Gasteiger partial charge in [0, 0.05) is 12.1 Å². The number of hydrogen-bond acceptors (Lipinski definition) is 6. The molecule has 1 heterocycles. The van der Waals surface area contributed by atoms with E-state index in [1.165, 1.54) is 0 Å². The first-order valence-electron chi connectivity index (χ1n) is 8.40. The summed E-state index contributed by atoms with van der Waals surface area (Å²) < 4.78 is 7.00. The number of hydrogen-bond donors (Lipinski definition) is 2. The number of ether oxygens (including phenoxy) is 1. The molecule has 0 atom stereocenters. The van der Waals surface area contributed by atoms with Crippen LogP contribution in [0.15, 0.2) is 36.0 Å². The van der Waals surface area contributed by atoms with Crippen molar-refractivity contribution in [3.63, 3.8) is 0 Å². The summed E-state index contributed by atoms with van der Waals surface area (Å²) in [5.41, 5.74) is 5.24. The van der Waals surface area contributed by atoms with Crippen molar-refractivity contribution in [2.75, 3.05) is 13.7 Å². The second-order valence-electron chi connectivity index (χ2n) is 5.87. The number of rotatable bonds is 8. The first-order chi connectivity index (χ1) is 13.4. The molecule has 0 bridgehead atoms. The molecular formula is C18H22N6O3S. The lowest BCUT2D eigenvalue weighted by atomic mass is 10.1. The Kier molecular flexibility index (Phi) is 7.21. The van der Waals surface area contributed by atoms with Crippen molar-refractivity contribution in [1.82, 2.24) is 20.5 Å². The van der Waals surface area contributed by atoms with E-state index in [0.29, 0.717) is 35.3 Å². The summed E-state index contributed by atoms with van der Waals surface area (Å²) in [5, 5.41) is 22.9. The Bertz CT molecular complexity index is 922. The quantitative estimate of drug-likeness (QED) is 0.230. The SMILES string of the molecule is C=CCNC(=S)N/N=C/c1ccc(OC)c(Cn2nc(C)c([N+](=O)[O-])c2C)c1. The fourth-order valence-corrected chi connectivity index (χ4v) is 2.78. The highest BCUT2D eigenvalue weighted by Crippen LogP contribution is 2.25. The van der Waals surface area contributed by atoms with Crippen LogP contribution in [0, 0.1) is 24.0 Å². The summed E-state index contributed by atoms with van der Waals surface area (Å²) in [5.74, 6) is 0.656. The van der Waals surface area contributed by atoms with Gasteiger partial charge in [0.05, 0.1) is 24.8 Å². The zero-order valence-electron chi connectivity index (χ0n) is 15.9. The molecule has 0 saturated heterocycles. The zero-order valence-corrected chi connectivity index (χ0v) is 16.7. The number of thiocarbonyl (C=S) groups is 1. The molecule has 2 aromatic rings. The normalized spacial score (nSPS) is 10.7. The average molecular weight is 402 g/mol. The van der Waals surface area contributed by atoms with Gasteiger partial charge in [0.2, 0.25) is 0 Å². The van der Waals surface area contributed by atoms with E-state index in [1.54, 1.807) is 37.9 Å². The fourth-order valence-electron chi connectivity index (χ4n) is 2.64. The van der Waals surface area contributed by atoms with Gasteiger partial charge in [-0.1, -0.05) is 6.08 Å². The Morgan fingerprint density at radius 1 is 1.50 bits per heavy atom. The zero-order chi connectivity index (χ0) is 20.7. The van der Waals surface area contributed by atoms with Gasteiger partial charge in [-0.3, -0.25) is 20.2 Å². The molecular weight excluding hydrogens is 380 g/mol. The summed E-state index contributed by atoms with van der Waals surface area (Å²) in [4.78, 5) is 10.8. The number of aromatic nitrogens is 2. The van der Waals surface area contributed by atoms with Gasteiger partial charge < -0.3 is 10.1 Å². The maximum atomic E-state index is 11.2. The lowest BCUT2D eigenvalue weighted by Gasteiger charge is -2.10. The molecule has 0 aliphatic carbocycles. The summed E-state index contributed by atoms with van der Waals surface area (Å²) >= 11 is 5.07. The third kappa shape index (κ3) is 5.13. The Labute approximate surface area is 168 Å². The molecule has 1 aromatic heterocycles. The molecule has 0 aliphatic heterocycles. The predicted molar refractivity (Wildman–Crippen MR) is 112 cm³/mol. The average Bonchev–Trinajstić information content (AvgIpc) is 2.93. The first kappa shape index (κ1) is 21.0. The Balaban J connectivity index is 2.22. The van der Waals surface area contributed by atoms with Gasteiger partial charge in [0.1, 0.15) is 17.1 Å². The van der Waals surface area contributed by atoms with Crippen molar-refractivity contribution in [2.45, 2.75) is 20.4 Å². The molecule has 0 amide bonds. The minimum Gasteiger partial charge on any atom is -0.496 e. The number of aryl methyl sites for hydroxylation is 1. The van der Waals surface area contributed by atoms with Crippen LogP contribution >= 0.6 is 12.2 Å². The van der Waals surface area contributed by atoms with Crippen molar-refractivity contribution >= 4 is 29.2 Å². The second-order valence-corrected chi connectivity index (χ2v) is 6.28. The van der Waals surface area contributed by atoms with E-state index < -0.39 is 4.92 Å². The molecule has 10 heteroatoms. The fraction of sp³-hybridized carbons (Fsp3) is 0.278. The highest BCUT2D eigenvalue weighted by atomic mass is 32.1. The molecule has 28 heavy (non-hydrogen) atoms. The van der Waals surface area contributed by atoms with E-state index in [-0.39, 0.29) is 5.69 Å². The highest BCUT2D eigenvalue weighted by Gasteiger charge is 2.22. The number of benzene rings is 1. The van der Waals surface area contributed by atoms with Gasteiger partial charge >= 0.3 is 5.69 Å². The smallest absolute Gasteiger partial charge is 0.312 e. The van der Waals surface area contributed by atoms with Crippen LogP contribution in [0.2, 0.25) is 0 Å². The maximum absolute atomic E-state index is 11.2. The van der Waals surface area contributed by atoms with Crippen LogP contribution in [-0.4, -0.2) is 39.7 Å². The molecule has 0 saturated carbocycles. The predicted octanol–water partition coefficient (Wildman–Crippen LogP) is 2.45. The van der Waals surface area contributed by atoms with Gasteiger partial charge in [0.25, 0.3) is 0 Å². The van der Waals surface area contributed by atoms with Gasteiger partial charge in [-0.25, -0.2) is 0 Å². The largest absolute Gasteiger partial charge is 0.496 e. The molecule has 0 spiro atoms. The molecule has 1 aromatic carbocycles. The summed E-state index contributed by atoms with van der Waals surface area (Å²) in [7, 11) is 1.57. The minimum absolute atomic E-state index is 0.0291. The number of nitro groups is 1. The number of nitrogens with zero attached hydrogens (tertiary/aromatic N) is 4. The molecule has 148 valence electrons. The van der Waals surface area contributed by atoms with Crippen molar-refractivity contribution in [2.24, 2.45) is 5.10 Å². The van der Waals surface area contributed by atoms with Crippen molar-refractivity contribution in [3.8, 4) is 5.75 Å². The molecule has 0 unspecified atom stereocenters. The lowest BCUT2D eigenvalue weighted by Crippen LogP contribution is -2.31. The Morgan fingerprint density at radius 2 is 2.25 bits per heavy atom. The first-order valence-corrected chi connectivity index (χ1v) is 8.81. The van der Waals surface area contributed by atoms with Crippen LogP contribution in [0.4, 0.5) is 5.69 Å². The minimum atomic E-state index is -0.413. The van der Waals surface area contributed by atoms with E-state index in [0.717, 1.165) is 11.1 Å². The molecule has 2 N–H and O–H groups in total. The summed E-state index contributed by atoms with van der Waals surface area (Å²) in [6, 6.07) is 5.54. The van der Waals surface area contributed by atoms with Crippen molar-refractivity contribution in [1.29, 1.82) is 0 Å². The number of nitrogens with one attached hydrogen (secondary N) is 2. The van der Waals surface area contributed by atoms with E-state index in [2.05, 4.69) is 27.5 Å². The van der Waals surface area contributed by atoms with E-state index in [1.807, 2.05) is 18.2 Å². The van der Waals surface area contributed by atoms with Crippen LogP contribution in [0.5, 0.6) is 5.75 Å². The highest BCUT2D eigenvalue weighted by molar-refractivity contribution is 7.80. The van der Waals surface area contributed by atoms with Crippen LogP contribution in [0.3, 0.4) is 0 Å². The standard InChI is InChI=1S/C18H22N6O3S/c1-5-8-19-18(28)21-20-10-14-6-7-16(27-4)15(9-14)11-23-13(3)17(24(25)26)12(2)22-23/h5-7,9-10H,1,8,11H2,2-4H3,(H2,19,21,28)/b20-10+. The summed E-state index contributed by atoms with van der Waals surface area (Å²) in [6.07, 6.45) is 3.31. The monoisotopic (exact) mass is 402 g/mol. The Morgan fingerprint density at radius 3 is 2.86 bits per heavy atom. The van der Waals surface area contributed by atoms with Gasteiger partial charge in [-0.05, 0) is 49.8 Å². The molecule has 9 nitrogen and oxygen atoms in total. The van der Waals surface area contributed by atoms with Crippen LogP contribution < -0.4 is 15.5 Å². The maximum Gasteiger partial charge on any atom is 0.312 e. The number of methoxy groups -OCH3 is 1. The lowest BCUT2D eigenvalue weighted by molar-refractivity contribution is -0.386.